The zero-order valence-corrected chi connectivity index (χ0v) is 13.5. The fraction of sp³-hybridized carbons (Fsp3) is 0.158. The summed E-state index contributed by atoms with van der Waals surface area (Å²) in [4.78, 5) is 23.2. The van der Waals surface area contributed by atoms with Gasteiger partial charge < -0.3 is 14.8 Å². The minimum Gasteiger partial charge on any atom is -0.466 e. The maximum Gasteiger partial charge on any atom is 0.339 e. The van der Waals surface area contributed by atoms with E-state index >= 15 is 0 Å². The Kier molecular flexibility index (Phi) is 6.14. The number of esters is 2. The van der Waals surface area contributed by atoms with Crippen LogP contribution in [0.5, 0.6) is 5.75 Å². The van der Waals surface area contributed by atoms with E-state index in [9.17, 15) is 9.59 Å². The van der Waals surface area contributed by atoms with Crippen LogP contribution < -0.4 is 10.1 Å². The number of carbonyl (C=O) groups excluding carboxylic acids is 2. The van der Waals surface area contributed by atoms with Crippen LogP contribution >= 0.6 is 0 Å². The van der Waals surface area contributed by atoms with Gasteiger partial charge in [0.15, 0.2) is 0 Å². The molecular formula is C19H19NO4. The Morgan fingerprint density at radius 3 is 2.25 bits per heavy atom. The first kappa shape index (κ1) is 17.3. The van der Waals surface area contributed by atoms with Gasteiger partial charge in [0.2, 0.25) is 0 Å². The highest BCUT2D eigenvalue weighted by Gasteiger charge is 2.14. The van der Waals surface area contributed by atoms with Crippen molar-refractivity contribution in [3.05, 3.63) is 66.7 Å². The number of benzene rings is 2. The van der Waals surface area contributed by atoms with E-state index in [1.807, 2.05) is 30.3 Å². The van der Waals surface area contributed by atoms with Crippen molar-refractivity contribution in [3.63, 3.8) is 0 Å². The van der Waals surface area contributed by atoms with Crippen LogP contribution in [0.4, 0.5) is 11.4 Å². The Hall–Kier alpha value is -3.08. The first-order valence-corrected chi connectivity index (χ1v) is 7.56. The van der Waals surface area contributed by atoms with Gasteiger partial charge in [-0.2, -0.15) is 0 Å². The molecule has 0 bridgehead atoms. The fourth-order valence-electron chi connectivity index (χ4n) is 1.93. The van der Waals surface area contributed by atoms with Crippen LogP contribution in [-0.4, -0.2) is 18.5 Å². The van der Waals surface area contributed by atoms with Gasteiger partial charge in [0.05, 0.1) is 13.0 Å². The van der Waals surface area contributed by atoms with Crippen LogP contribution in [0.15, 0.2) is 66.7 Å². The summed E-state index contributed by atoms with van der Waals surface area (Å²) in [5.74, 6) is -0.766. The van der Waals surface area contributed by atoms with E-state index in [1.165, 1.54) is 0 Å². The molecule has 0 aliphatic carbocycles. The van der Waals surface area contributed by atoms with E-state index in [2.05, 4.69) is 11.9 Å². The zero-order chi connectivity index (χ0) is 17.4. The lowest BCUT2D eigenvalue weighted by Gasteiger charge is -2.09. The van der Waals surface area contributed by atoms with Gasteiger partial charge in [-0.1, -0.05) is 24.8 Å². The molecule has 0 saturated carbocycles. The maximum atomic E-state index is 11.9. The number of ether oxygens (including phenoxy) is 2. The molecule has 2 aromatic carbocycles. The van der Waals surface area contributed by atoms with Crippen LogP contribution in [-0.2, 0) is 14.3 Å². The molecule has 0 aromatic heterocycles. The lowest BCUT2D eigenvalue weighted by atomic mass is 10.2. The summed E-state index contributed by atoms with van der Waals surface area (Å²) in [6.07, 6.45) is -0.180. The minimum absolute atomic E-state index is 0.0555. The number of carbonyl (C=O) groups is 2. The Bertz CT molecular complexity index is 708. The predicted molar refractivity (Wildman–Crippen MR) is 92.2 cm³/mol. The summed E-state index contributed by atoms with van der Waals surface area (Å²) in [6, 6.07) is 16.6. The lowest BCUT2D eigenvalue weighted by molar-refractivity contribution is -0.143. The Morgan fingerprint density at radius 2 is 1.62 bits per heavy atom. The van der Waals surface area contributed by atoms with E-state index < -0.39 is 11.9 Å². The topological polar surface area (TPSA) is 64.6 Å². The molecule has 0 saturated heterocycles. The van der Waals surface area contributed by atoms with Gasteiger partial charge in [-0.3, -0.25) is 4.79 Å². The third-order valence-corrected chi connectivity index (χ3v) is 3.08. The molecule has 2 aromatic rings. The Morgan fingerprint density at radius 1 is 1.00 bits per heavy atom. The monoisotopic (exact) mass is 325 g/mol. The zero-order valence-electron chi connectivity index (χ0n) is 13.5. The van der Waals surface area contributed by atoms with Crippen molar-refractivity contribution >= 4 is 23.3 Å². The smallest absolute Gasteiger partial charge is 0.339 e. The molecule has 0 amide bonds. The van der Waals surface area contributed by atoms with Crippen LogP contribution in [0.1, 0.15) is 13.3 Å². The molecule has 0 aliphatic heterocycles. The molecule has 0 atom stereocenters. The number of anilines is 2. The Labute approximate surface area is 140 Å². The highest BCUT2D eigenvalue weighted by molar-refractivity contribution is 5.94. The molecule has 0 unspecified atom stereocenters. The highest BCUT2D eigenvalue weighted by atomic mass is 16.5. The van der Waals surface area contributed by atoms with Gasteiger partial charge in [-0.05, 0) is 43.3 Å². The summed E-state index contributed by atoms with van der Waals surface area (Å²) in [5.41, 5.74) is 1.89. The summed E-state index contributed by atoms with van der Waals surface area (Å²) >= 11 is 0. The lowest BCUT2D eigenvalue weighted by Crippen LogP contribution is -2.15. The number of rotatable bonds is 7. The second kappa shape index (κ2) is 8.53. The van der Waals surface area contributed by atoms with E-state index in [1.54, 1.807) is 31.2 Å². The number of hydrogen-bond donors (Lipinski definition) is 1. The van der Waals surface area contributed by atoms with Gasteiger partial charge in [-0.25, -0.2) is 4.79 Å². The maximum absolute atomic E-state index is 11.9. The van der Waals surface area contributed by atoms with Gasteiger partial charge in [0, 0.05) is 16.9 Å². The molecule has 0 heterocycles. The van der Waals surface area contributed by atoms with Crippen LogP contribution in [0.3, 0.4) is 0 Å². The van der Waals surface area contributed by atoms with Crippen molar-refractivity contribution in [2.45, 2.75) is 13.3 Å². The first-order chi connectivity index (χ1) is 11.6. The van der Waals surface area contributed by atoms with E-state index in [0.29, 0.717) is 5.75 Å². The van der Waals surface area contributed by atoms with Crippen LogP contribution in [0.2, 0.25) is 0 Å². The quantitative estimate of drug-likeness (QED) is 0.476. The average molecular weight is 325 g/mol. The standard InChI is InChI=1S/C19H19NO4/c1-3-23-18(21)13-14(2)19(22)24-17-11-9-16(10-12-17)20-15-7-5-4-6-8-15/h4-12,20H,2-3,13H2,1H3. The van der Waals surface area contributed by atoms with Crippen molar-refractivity contribution < 1.29 is 19.1 Å². The summed E-state index contributed by atoms with van der Waals surface area (Å²) in [5, 5.41) is 3.23. The molecule has 5 nitrogen and oxygen atoms in total. The predicted octanol–water partition coefficient (Wildman–Crippen LogP) is 3.85. The molecule has 0 aliphatic rings. The summed E-state index contributed by atoms with van der Waals surface area (Å²) in [6.45, 7) is 5.52. The number of hydrogen-bond acceptors (Lipinski definition) is 5. The number of para-hydroxylation sites is 1. The highest BCUT2D eigenvalue weighted by Crippen LogP contribution is 2.20. The first-order valence-electron chi connectivity index (χ1n) is 7.56. The second-order valence-electron chi connectivity index (χ2n) is 4.99. The molecule has 1 N–H and O–H groups in total. The summed E-state index contributed by atoms with van der Waals surface area (Å²) in [7, 11) is 0. The molecule has 0 spiro atoms. The molecule has 5 heteroatoms. The fourth-order valence-corrected chi connectivity index (χ4v) is 1.93. The van der Waals surface area contributed by atoms with Gasteiger partial charge >= 0.3 is 11.9 Å². The third kappa shape index (κ3) is 5.28. The van der Waals surface area contributed by atoms with Crippen molar-refractivity contribution in [3.8, 4) is 5.75 Å². The van der Waals surface area contributed by atoms with Crippen molar-refractivity contribution in [2.75, 3.05) is 11.9 Å². The molecule has 24 heavy (non-hydrogen) atoms. The van der Waals surface area contributed by atoms with Gasteiger partial charge in [0.25, 0.3) is 0 Å². The van der Waals surface area contributed by atoms with E-state index in [-0.39, 0.29) is 18.6 Å². The van der Waals surface area contributed by atoms with E-state index in [0.717, 1.165) is 11.4 Å². The van der Waals surface area contributed by atoms with Crippen molar-refractivity contribution in [2.24, 2.45) is 0 Å². The molecule has 2 rings (SSSR count). The van der Waals surface area contributed by atoms with Crippen LogP contribution in [0, 0.1) is 0 Å². The van der Waals surface area contributed by atoms with Gasteiger partial charge in [0.1, 0.15) is 5.75 Å². The number of nitrogens with one attached hydrogen (secondary N) is 1. The largest absolute Gasteiger partial charge is 0.466 e. The van der Waals surface area contributed by atoms with Gasteiger partial charge in [-0.15, -0.1) is 0 Å². The van der Waals surface area contributed by atoms with E-state index in [4.69, 9.17) is 9.47 Å². The van der Waals surface area contributed by atoms with Crippen molar-refractivity contribution in [1.82, 2.24) is 0 Å². The normalized spacial score (nSPS) is 9.88. The van der Waals surface area contributed by atoms with Crippen molar-refractivity contribution in [1.29, 1.82) is 0 Å². The van der Waals surface area contributed by atoms with Crippen LogP contribution in [0.25, 0.3) is 0 Å². The SMILES string of the molecule is C=C(CC(=O)OCC)C(=O)Oc1ccc(Nc2ccccc2)cc1. The molecule has 124 valence electrons. The molecule has 0 fully saturated rings. The minimum atomic E-state index is -0.646. The molecular weight excluding hydrogens is 306 g/mol. The average Bonchev–Trinajstić information content (AvgIpc) is 2.57. The summed E-state index contributed by atoms with van der Waals surface area (Å²) < 4.78 is 9.96. The second-order valence-corrected chi connectivity index (χ2v) is 4.99. The Balaban J connectivity index is 1.90. The third-order valence-electron chi connectivity index (χ3n) is 3.08. The molecule has 0 radical (unpaired) electrons.